The Morgan fingerprint density at radius 3 is 1.75 bits per heavy atom. The highest BCUT2D eigenvalue weighted by Gasteiger charge is 2.32. The number of nitrogens with one attached hydrogen (secondary N) is 2. The third-order valence-electron chi connectivity index (χ3n) is 6.34. The van der Waals surface area contributed by atoms with Gasteiger partial charge in [-0.25, -0.2) is 0 Å². The molecule has 3 aliphatic rings. The van der Waals surface area contributed by atoms with Gasteiger partial charge >= 0.3 is 0 Å². The molecular weight excluding hydrogens is 298 g/mol. The average Bonchev–Trinajstić information content (AvgIpc) is 3.09. The lowest BCUT2D eigenvalue weighted by Crippen LogP contribution is -2.34. The highest BCUT2D eigenvalue weighted by molar-refractivity contribution is 5.09. The first-order chi connectivity index (χ1) is 11.8. The zero-order valence-electron chi connectivity index (χ0n) is 15.1. The molecule has 134 valence electrons. The van der Waals surface area contributed by atoms with Crippen molar-refractivity contribution in [3.8, 4) is 0 Å². The fourth-order valence-corrected chi connectivity index (χ4v) is 4.81. The van der Waals surface area contributed by atoms with Gasteiger partial charge in [0.15, 0.2) is 11.6 Å². The minimum atomic E-state index is 0.406. The normalized spacial score (nSPS) is 35.0. The van der Waals surface area contributed by atoms with Crippen LogP contribution in [0.15, 0.2) is 0 Å². The molecule has 3 fully saturated rings. The van der Waals surface area contributed by atoms with E-state index in [4.69, 9.17) is 10.2 Å². The standard InChI is InChI=1S/C19H33N5/c1-14-8-10-15(11-9-14)24-18(16-6-2-4-12-20-16)22-23-19(24)17-7-3-5-13-21-17/h14-17,20-21H,2-13H2,1H3. The van der Waals surface area contributed by atoms with Crippen LogP contribution in [0.3, 0.4) is 0 Å². The zero-order valence-corrected chi connectivity index (χ0v) is 15.1. The number of aromatic nitrogens is 3. The van der Waals surface area contributed by atoms with Gasteiger partial charge in [-0.15, -0.1) is 10.2 Å². The first kappa shape index (κ1) is 16.5. The van der Waals surface area contributed by atoms with Crippen molar-refractivity contribution in [2.75, 3.05) is 13.1 Å². The molecule has 5 nitrogen and oxygen atoms in total. The SMILES string of the molecule is CC1CCC(n2c(C3CCCCN3)nnc2C2CCCCN2)CC1. The maximum Gasteiger partial charge on any atom is 0.150 e. The van der Waals surface area contributed by atoms with Gasteiger partial charge in [0.2, 0.25) is 0 Å². The summed E-state index contributed by atoms with van der Waals surface area (Å²) in [7, 11) is 0. The predicted molar refractivity (Wildman–Crippen MR) is 95.9 cm³/mol. The molecule has 1 aromatic rings. The van der Waals surface area contributed by atoms with Crippen LogP contribution in [-0.2, 0) is 0 Å². The van der Waals surface area contributed by atoms with Gasteiger partial charge in [0, 0.05) is 6.04 Å². The van der Waals surface area contributed by atoms with Crippen molar-refractivity contribution < 1.29 is 0 Å². The molecule has 2 N–H and O–H groups in total. The highest BCUT2D eigenvalue weighted by atomic mass is 15.3. The monoisotopic (exact) mass is 331 g/mol. The third kappa shape index (κ3) is 3.38. The molecule has 24 heavy (non-hydrogen) atoms. The molecule has 1 aromatic heterocycles. The summed E-state index contributed by atoms with van der Waals surface area (Å²) < 4.78 is 2.57. The third-order valence-corrected chi connectivity index (χ3v) is 6.34. The van der Waals surface area contributed by atoms with Crippen molar-refractivity contribution in [1.29, 1.82) is 0 Å². The molecule has 2 aliphatic heterocycles. The summed E-state index contributed by atoms with van der Waals surface area (Å²) in [5, 5.41) is 16.8. The fourth-order valence-electron chi connectivity index (χ4n) is 4.81. The Labute approximate surface area is 146 Å². The molecule has 1 aliphatic carbocycles. The Morgan fingerprint density at radius 2 is 1.29 bits per heavy atom. The zero-order chi connectivity index (χ0) is 16.4. The lowest BCUT2D eigenvalue weighted by molar-refractivity contribution is 0.260. The van der Waals surface area contributed by atoms with E-state index in [2.05, 4.69) is 22.1 Å². The Hall–Kier alpha value is -0.940. The molecule has 4 rings (SSSR count). The molecule has 0 amide bonds. The number of hydrogen-bond donors (Lipinski definition) is 2. The maximum atomic E-state index is 4.72. The Kier molecular flexibility index (Phi) is 5.18. The van der Waals surface area contributed by atoms with Gasteiger partial charge in [0.1, 0.15) is 0 Å². The van der Waals surface area contributed by atoms with Crippen molar-refractivity contribution in [2.45, 2.75) is 89.3 Å². The molecule has 0 radical (unpaired) electrons. The summed E-state index contributed by atoms with van der Waals surface area (Å²) in [6.45, 7) is 4.64. The molecule has 3 heterocycles. The number of piperidine rings is 2. The first-order valence-corrected chi connectivity index (χ1v) is 10.2. The van der Waals surface area contributed by atoms with Gasteiger partial charge in [-0.2, -0.15) is 0 Å². The molecule has 1 saturated carbocycles. The topological polar surface area (TPSA) is 54.8 Å². The second-order valence-corrected chi connectivity index (χ2v) is 8.21. The summed E-state index contributed by atoms with van der Waals surface area (Å²) in [4.78, 5) is 0. The van der Waals surface area contributed by atoms with Crippen molar-refractivity contribution >= 4 is 0 Å². The summed E-state index contributed by atoms with van der Waals surface area (Å²) in [6, 6.07) is 1.42. The summed E-state index contributed by atoms with van der Waals surface area (Å²) in [5.41, 5.74) is 0. The van der Waals surface area contributed by atoms with Crippen LogP contribution < -0.4 is 10.6 Å². The van der Waals surface area contributed by atoms with E-state index in [1.54, 1.807) is 0 Å². The smallest absolute Gasteiger partial charge is 0.150 e. The van der Waals surface area contributed by atoms with Crippen LogP contribution in [0.5, 0.6) is 0 Å². The number of hydrogen-bond acceptors (Lipinski definition) is 4. The predicted octanol–water partition coefficient (Wildman–Crippen LogP) is 3.66. The van der Waals surface area contributed by atoms with E-state index in [1.807, 2.05) is 0 Å². The molecular formula is C19H33N5. The minimum Gasteiger partial charge on any atom is -0.309 e. The number of rotatable bonds is 3. The Morgan fingerprint density at radius 1 is 0.750 bits per heavy atom. The summed E-state index contributed by atoms with van der Waals surface area (Å²) in [5.74, 6) is 3.32. The van der Waals surface area contributed by atoms with Crippen LogP contribution in [0.4, 0.5) is 0 Å². The van der Waals surface area contributed by atoms with E-state index in [0.717, 1.165) is 19.0 Å². The summed E-state index contributed by atoms with van der Waals surface area (Å²) >= 11 is 0. The number of nitrogens with zero attached hydrogens (tertiary/aromatic N) is 3. The minimum absolute atomic E-state index is 0.406. The molecule has 0 aromatic carbocycles. The van der Waals surface area contributed by atoms with Crippen LogP contribution in [-0.4, -0.2) is 27.9 Å². The molecule has 2 unspecified atom stereocenters. The lowest BCUT2D eigenvalue weighted by atomic mass is 9.86. The largest absolute Gasteiger partial charge is 0.309 e. The van der Waals surface area contributed by atoms with E-state index >= 15 is 0 Å². The summed E-state index contributed by atoms with van der Waals surface area (Å²) in [6.07, 6.45) is 12.9. The van der Waals surface area contributed by atoms with Crippen LogP contribution in [0.2, 0.25) is 0 Å². The van der Waals surface area contributed by atoms with Crippen LogP contribution in [0.1, 0.15) is 101 Å². The molecule has 2 saturated heterocycles. The van der Waals surface area contributed by atoms with E-state index < -0.39 is 0 Å². The first-order valence-electron chi connectivity index (χ1n) is 10.2. The average molecular weight is 332 g/mol. The van der Waals surface area contributed by atoms with Crippen molar-refractivity contribution in [3.63, 3.8) is 0 Å². The van der Waals surface area contributed by atoms with Crippen molar-refractivity contribution in [2.24, 2.45) is 5.92 Å². The fraction of sp³-hybridized carbons (Fsp3) is 0.895. The van der Waals surface area contributed by atoms with Gasteiger partial charge in [-0.05, 0) is 70.4 Å². The van der Waals surface area contributed by atoms with Crippen molar-refractivity contribution in [1.82, 2.24) is 25.4 Å². The maximum absolute atomic E-state index is 4.72. The molecule has 0 bridgehead atoms. The molecule has 5 heteroatoms. The lowest BCUT2D eigenvalue weighted by Gasteiger charge is -2.33. The van der Waals surface area contributed by atoms with E-state index in [0.29, 0.717) is 18.1 Å². The van der Waals surface area contributed by atoms with E-state index in [1.165, 1.54) is 75.9 Å². The van der Waals surface area contributed by atoms with E-state index in [9.17, 15) is 0 Å². The molecule has 2 atom stereocenters. The Bertz CT molecular complexity index is 484. The van der Waals surface area contributed by atoms with Crippen LogP contribution >= 0.6 is 0 Å². The second-order valence-electron chi connectivity index (χ2n) is 8.21. The van der Waals surface area contributed by atoms with Crippen molar-refractivity contribution in [3.05, 3.63) is 11.6 Å². The quantitative estimate of drug-likeness (QED) is 0.887. The van der Waals surface area contributed by atoms with Crippen LogP contribution in [0, 0.1) is 5.92 Å². The Balaban J connectivity index is 1.64. The van der Waals surface area contributed by atoms with Gasteiger partial charge in [-0.1, -0.05) is 19.8 Å². The highest BCUT2D eigenvalue weighted by Crippen LogP contribution is 2.37. The van der Waals surface area contributed by atoms with Gasteiger partial charge in [0.25, 0.3) is 0 Å². The van der Waals surface area contributed by atoms with Crippen LogP contribution in [0.25, 0.3) is 0 Å². The van der Waals surface area contributed by atoms with E-state index in [-0.39, 0.29) is 0 Å². The van der Waals surface area contributed by atoms with Gasteiger partial charge in [-0.3, -0.25) is 0 Å². The van der Waals surface area contributed by atoms with Gasteiger partial charge < -0.3 is 15.2 Å². The van der Waals surface area contributed by atoms with Gasteiger partial charge in [0.05, 0.1) is 12.1 Å². The molecule has 0 spiro atoms. The second kappa shape index (κ2) is 7.52.